The molecule has 0 aromatic carbocycles. The van der Waals surface area contributed by atoms with Gasteiger partial charge in [-0.25, -0.2) is 9.97 Å². The molecule has 1 heterocycles. The maximum Gasteiger partial charge on any atom is 0.305 e. The van der Waals surface area contributed by atoms with Crippen LogP contribution in [0.5, 0.6) is 5.88 Å². The van der Waals surface area contributed by atoms with Gasteiger partial charge in [-0.15, -0.1) is 0 Å². The summed E-state index contributed by atoms with van der Waals surface area (Å²) in [6, 6.07) is 0. The number of anilines is 1. The lowest BCUT2D eigenvalue weighted by Gasteiger charge is -2.37. The SMILES string of the molecule is CCOc1ncnc(NC2(CC(=O)O)CCCCC2)c1C. The molecule has 1 aliphatic rings. The van der Waals surface area contributed by atoms with Crippen molar-refractivity contribution >= 4 is 11.8 Å². The van der Waals surface area contributed by atoms with E-state index in [4.69, 9.17) is 4.74 Å². The monoisotopic (exact) mass is 293 g/mol. The average molecular weight is 293 g/mol. The van der Waals surface area contributed by atoms with Gasteiger partial charge in [-0.05, 0) is 26.7 Å². The molecule has 0 unspecified atom stereocenters. The van der Waals surface area contributed by atoms with Gasteiger partial charge in [0.25, 0.3) is 0 Å². The first-order valence-corrected chi connectivity index (χ1v) is 7.51. The highest BCUT2D eigenvalue weighted by atomic mass is 16.5. The van der Waals surface area contributed by atoms with Gasteiger partial charge in [0.15, 0.2) is 0 Å². The molecule has 0 aliphatic heterocycles. The van der Waals surface area contributed by atoms with E-state index in [0.29, 0.717) is 18.3 Å². The first-order chi connectivity index (χ1) is 10.1. The van der Waals surface area contributed by atoms with Gasteiger partial charge in [-0.1, -0.05) is 19.3 Å². The molecule has 1 fully saturated rings. The molecule has 0 amide bonds. The Morgan fingerprint density at radius 3 is 2.71 bits per heavy atom. The van der Waals surface area contributed by atoms with Crippen molar-refractivity contribution in [1.82, 2.24) is 9.97 Å². The molecule has 6 nitrogen and oxygen atoms in total. The molecule has 0 spiro atoms. The summed E-state index contributed by atoms with van der Waals surface area (Å²) in [4.78, 5) is 19.6. The third kappa shape index (κ3) is 3.83. The summed E-state index contributed by atoms with van der Waals surface area (Å²) in [5.41, 5.74) is 0.418. The number of nitrogens with zero attached hydrogens (tertiary/aromatic N) is 2. The van der Waals surface area contributed by atoms with E-state index in [2.05, 4.69) is 15.3 Å². The molecule has 21 heavy (non-hydrogen) atoms. The molecule has 0 saturated heterocycles. The highest BCUT2D eigenvalue weighted by molar-refractivity contribution is 5.69. The Morgan fingerprint density at radius 1 is 1.38 bits per heavy atom. The number of hydrogen-bond donors (Lipinski definition) is 2. The van der Waals surface area contributed by atoms with E-state index in [1.165, 1.54) is 6.33 Å². The number of carboxylic acids is 1. The largest absolute Gasteiger partial charge is 0.481 e. The summed E-state index contributed by atoms with van der Waals surface area (Å²) in [5.74, 6) is 0.453. The van der Waals surface area contributed by atoms with Crippen LogP contribution in [0.15, 0.2) is 6.33 Å². The number of carboxylic acid groups (broad SMARTS) is 1. The highest BCUT2D eigenvalue weighted by Gasteiger charge is 2.35. The van der Waals surface area contributed by atoms with Crippen LogP contribution in [0.1, 0.15) is 51.0 Å². The standard InChI is InChI=1S/C15H23N3O3/c1-3-21-14-11(2)13(16-10-17-14)18-15(9-12(19)20)7-5-4-6-8-15/h10H,3-9H2,1-2H3,(H,19,20)(H,16,17,18). The molecule has 1 saturated carbocycles. The van der Waals surface area contributed by atoms with E-state index in [0.717, 1.165) is 37.7 Å². The van der Waals surface area contributed by atoms with Crippen molar-refractivity contribution < 1.29 is 14.6 Å². The fourth-order valence-electron chi connectivity index (χ4n) is 2.96. The smallest absolute Gasteiger partial charge is 0.305 e. The van der Waals surface area contributed by atoms with Crippen molar-refractivity contribution in [2.45, 2.75) is 57.9 Å². The summed E-state index contributed by atoms with van der Waals surface area (Å²) < 4.78 is 5.47. The zero-order valence-corrected chi connectivity index (χ0v) is 12.7. The molecular formula is C15H23N3O3. The molecule has 2 N–H and O–H groups in total. The van der Waals surface area contributed by atoms with E-state index < -0.39 is 11.5 Å². The predicted octanol–water partition coefficient (Wildman–Crippen LogP) is 2.77. The van der Waals surface area contributed by atoms with Crippen molar-refractivity contribution in [2.24, 2.45) is 0 Å². The van der Waals surface area contributed by atoms with E-state index in [1.54, 1.807) is 0 Å². The topological polar surface area (TPSA) is 84.3 Å². The number of aliphatic carboxylic acids is 1. The van der Waals surface area contributed by atoms with Gasteiger partial charge in [-0.3, -0.25) is 4.79 Å². The Balaban J connectivity index is 2.24. The summed E-state index contributed by atoms with van der Waals surface area (Å²) in [6.45, 7) is 4.34. The van der Waals surface area contributed by atoms with Gasteiger partial charge in [0.1, 0.15) is 12.1 Å². The van der Waals surface area contributed by atoms with Gasteiger partial charge >= 0.3 is 5.97 Å². The van der Waals surface area contributed by atoms with Crippen molar-refractivity contribution in [2.75, 3.05) is 11.9 Å². The van der Waals surface area contributed by atoms with Gasteiger partial charge < -0.3 is 15.2 Å². The Kier molecular flexibility index (Phi) is 4.98. The van der Waals surface area contributed by atoms with Crippen LogP contribution in [0.2, 0.25) is 0 Å². The second kappa shape index (κ2) is 6.74. The van der Waals surface area contributed by atoms with Crippen LogP contribution >= 0.6 is 0 Å². The fourth-order valence-corrected chi connectivity index (χ4v) is 2.96. The van der Waals surface area contributed by atoms with E-state index in [9.17, 15) is 9.90 Å². The number of aromatic nitrogens is 2. The Hall–Kier alpha value is -1.85. The minimum Gasteiger partial charge on any atom is -0.481 e. The van der Waals surface area contributed by atoms with Crippen LogP contribution in [-0.4, -0.2) is 33.2 Å². The van der Waals surface area contributed by atoms with Gasteiger partial charge in [-0.2, -0.15) is 0 Å². The molecule has 0 radical (unpaired) electrons. The molecule has 6 heteroatoms. The van der Waals surface area contributed by atoms with Crippen LogP contribution in [0.4, 0.5) is 5.82 Å². The van der Waals surface area contributed by atoms with Crippen LogP contribution in [0, 0.1) is 6.92 Å². The lowest BCUT2D eigenvalue weighted by molar-refractivity contribution is -0.138. The van der Waals surface area contributed by atoms with E-state index in [-0.39, 0.29) is 6.42 Å². The van der Waals surface area contributed by atoms with Gasteiger partial charge in [0, 0.05) is 5.54 Å². The van der Waals surface area contributed by atoms with Crippen LogP contribution < -0.4 is 10.1 Å². The lowest BCUT2D eigenvalue weighted by Crippen LogP contribution is -2.42. The summed E-state index contributed by atoms with van der Waals surface area (Å²) in [6.07, 6.45) is 6.53. The minimum atomic E-state index is -0.777. The summed E-state index contributed by atoms with van der Waals surface area (Å²) >= 11 is 0. The maximum absolute atomic E-state index is 11.2. The molecule has 1 aliphatic carbocycles. The third-order valence-electron chi connectivity index (χ3n) is 4.00. The average Bonchev–Trinajstić information content (AvgIpc) is 2.43. The van der Waals surface area contributed by atoms with Gasteiger partial charge in [0.2, 0.25) is 5.88 Å². The van der Waals surface area contributed by atoms with Crippen molar-refractivity contribution in [3.63, 3.8) is 0 Å². The highest BCUT2D eigenvalue weighted by Crippen LogP contribution is 2.35. The maximum atomic E-state index is 11.2. The number of carbonyl (C=O) groups is 1. The molecule has 0 bridgehead atoms. The molecule has 2 rings (SSSR count). The first kappa shape index (κ1) is 15.5. The van der Waals surface area contributed by atoms with Crippen molar-refractivity contribution in [3.05, 3.63) is 11.9 Å². The molecule has 0 atom stereocenters. The predicted molar refractivity (Wildman–Crippen MR) is 79.6 cm³/mol. The number of rotatable bonds is 6. The number of nitrogens with one attached hydrogen (secondary N) is 1. The van der Waals surface area contributed by atoms with E-state index in [1.807, 2.05) is 13.8 Å². The fraction of sp³-hybridized carbons (Fsp3) is 0.667. The van der Waals surface area contributed by atoms with E-state index >= 15 is 0 Å². The lowest BCUT2D eigenvalue weighted by atomic mass is 9.79. The zero-order valence-electron chi connectivity index (χ0n) is 12.7. The molecule has 1 aromatic heterocycles. The first-order valence-electron chi connectivity index (χ1n) is 7.51. The molecular weight excluding hydrogens is 270 g/mol. The Bertz CT molecular complexity index is 499. The zero-order chi connectivity index (χ0) is 15.3. The number of ether oxygens (including phenoxy) is 1. The normalized spacial score (nSPS) is 17.2. The second-order valence-electron chi connectivity index (χ2n) is 5.62. The molecule has 116 valence electrons. The minimum absolute atomic E-state index is 0.112. The summed E-state index contributed by atoms with van der Waals surface area (Å²) in [7, 11) is 0. The van der Waals surface area contributed by atoms with Crippen molar-refractivity contribution in [3.8, 4) is 5.88 Å². The van der Waals surface area contributed by atoms with Crippen LogP contribution in [0.3, 0.4) is 0 Å². The quantitative estimate of drug-likeness (QED) is 0.839. The number of hydrogen-bond acceptors (Lipinski definition) is 5. The Labute approximate surface area is 124 Å². The van der Waals surface area contributed by atoms with Crippen LogP contribution in [0.25, 0.3) is 0 Å². The second-order valence-corrected chi connectivity index (χ2v) is 5.62. The Morgan fingerprint density at radius 2 is 2.10 bits per heavy atom. The van der Waals surface area contributed by atoms with Gasteiger partial charge in [0.05, 0.1) is 18.6 Å². The third-order valence-corrected chi connectivity index (χ3v) is 4.00. The summed E-state index contributed by atoms with van der Waals surface area (Å²) in [5, 5.41) is 12.6. The molecule has 1 aromatic rings. The van der Waals surface area contributed by atoms with Crippen LogP contribution in [-0.2, 0) is 4.79 Å². The van der Waals surface area contributed by atoms with Crippen molar-refractivity contribution in [1.29, 1.82) is 0 Å².